The zero-order valence-corrected chi connectivity index (χ0v) is 11.3. The Morgan fingerprint density at radius 3 is 2.89 bits per heavy atom. The maximum absolute atomic E-state index is 10.7. The highest BCUT2D eigenvalue weighted by Gasteiger charge is 2.11. The summed E-state index contributed by atoms with van der Waals surface area (Å²) in [6, 6.07) is 7.16. The van der Waals surface area contributed by atoms with E-state index < -0.39 is 5.97 Å². The van der Waals surface area contributed by atoms with Crippen molar-refractivity contribution in [2.24, 2.45) is 0 Å². The summed E-state index contributed by atoms with van der Waals surface area (Å²) in [5.41, 5.74) is 0.958. The molecule has 0 bridgehead atoms. The molecule has 19 heavy (non-hydrogen) atoms. The van der Waals surface area contributed by atoms with E-state index in [1.807, 2.05) is 22.9 Å². The van der Waals surface area contributed by atoms with Crippen molar-refractivity contribution in [1.29, 1.82) is 0 Å². The molecule has 0 aliphatic rings. The number of furan rings is 1. The molecule has 0 atom stereocenters. The SMILES string of the molecule is O=C(O)c1ccc(Cc2nc(-c3cccs3)cs2)o1. The third-order valence-corrected chi connectivity index (χ3v) is 4.26. The molecule has 1 N–H and O–H groups in total. The first-order chi connectivity index (χ1) is 9.22. The highest BCUT2D eigenvalue weighted by Crippen LogP contribution is 2.27. The monoisotopic (exact) mass is 291 g/mol. The van der Waals surface area contributed by atoms with Gasteiger partial charge in [0.15, 0.2) is 0 Å². The van der Waals surface area contributed by atoms with Gasteiger partial charge < -0.3 is 9.52 Å². The highest BCUT2D eigenvalue weighted by molar-refractivity contribution is 7.14. The number of carboxylic acid groups (broad SMARTS) is 1. The van der Waals surface area contributed by atoms with Gasteiger partial charge in [-0.15, -0.1) is 22.7 Å². The second kappa shape index (κ2) is 4.99. The molecule has 0 aliphatic heterocycles. The number of thiazole rings is 1. The van der Waals surface area contributed by atoms with Crippen LogP contribution in [0.5, 0.6) is 0 Å². The third kappa shape index (κ3) is 2.59. The number of nitrogens with zero attached hydrogens (tertiary/aromatic N) is 1. The van der Waals surface area contributed by atoms with Crippen LogP contribution in [0.4, 0.5) is 0 Å². The molecule has 3 aromatic heterocycles. The van der Waals surface area contributed by atoms with E-state index >= 15 is 0 Å². The average Bonchev–Trinajstić information content (AvgIpc) is 3.09. The lowest BCUT2D eigenvalue weighted by Gasteiger charge is -1.92. The van der Waals surface area contributed by atoms with Crippen molar-refractivity contribution in [1.82, 2.24) is 4.98 Å². The first kappa shape index (κ1) is 12.1. The van der Waals surface area contributed by atoms with Gasteiger partial charge in [0.05, 0.1) is 17.0 Å². The van der Waals surface area contributed by atoms with E-state index in [-0.39, 0.29) is 5.76 Å². The van der Waals surface area contributed by atoms with Crippen molar-refractivity contribution in [3.8, 4) is 10.6 Å². The van der Waals surface area contributed by atoms with E-state index in [1.165, 1.54) is 6.07 Å². The van der Waals surface area contributed by atoms with Gasteiger partial charge in [-0.1, -0.05) is 6.07 Å². The maximum Gasteiger partial charge on any atom is 0.371 e. The standard InChI is InChI=1S/C13H9NO3S2/c15-13(16)10-4-3-8(17-10)6-12-14-9(7-19-12)11-2-1-5-18-11/h1-5,7H,6H2,(H,15,16). The van der Waals surface area contributed by atoms with Crippen LogP contribution in [0.3, 0.4) is 0 Å². The Kier molecular flexibility index (Phi) is 3.18. The van der Waals surface area contributed by atoms with E-state index in [1.54, 1.807) is 28.7 Å². The summed E-state index contributed by atoms with van der Waals surface area (Å²) in [5.74, 6) is -0.473. The Bertz CT molecular complexity index is 697. The molecular weight excluding hydrogens is 282 g/mol. The summed E-state index contributed by atoms with van der Waals surface area (Å²) in [5, 5.41) is 13.7. The Hall–Kier alpha value is -1.92. The lowest BCUT2D eigenvalue weighted by atomic mass is 10.3. The summed E-state index contributed by atoms with van der Waals surface area (Å²) in [4.78, 5) is 16.4. The average molecular weight is 291 g/mol. The predicted molar refractivity (Wildman–Crippen MR) is 73.9 cm³/mol. The second-order valence-electron chi connectivity index (χ2n) is 3.85. The van der Waals surface area contributed by atoms with Gasteiger partial charge >= 0.3 is 5.97 Å². The van der Waals surface area contributed by atoms with Gasteiger partial charge in [0.25, 0.3) is 0 Å². The van der Waals surface area contributed by atoms with E-state index in [9.17, 15) is 4.79 Å². The molecule has 0 aliphatic carbocycles. The van der Waals surface area contributed by atoms with Crippen molar-refractivity contribution in [3.63, 3.8) is 0 Å². The number of aromatic carboxylic acids is 1. The minimum Gasteiger partial charge on any atom is -0.475 e. The zero-order valence-electron chi connectivity index (χ0n) is 9.70. The molecule has 4 nitrogen and oxygen atoms in total. The van der Waals surface area contributed by atoms with Crippen molar-refractivity contribution in [2.75, 3.05) is 0 Å². The van der Waals surface area contributed by atoms with Gasteiger partial charge in [0.1, 0.15) is 10.8 Å². The molecular formula is C13H9NO3S2. The minimum atomic E-state index is -1.05. The van der Waals surface area contributed by atoms with Gasteiger partial charge in [0.2, 0.25) is 5.76 Å². The molecule has 3 heterocycles. The van der Waals surface area contributed by atoms with Crippen molar-refractivity contribution < 1.29 is 14.3 Å². The van der Waals surface area contributed by atoms with Gasteiger partial charge in [-0.05, 0) is 23.6 Å². The molecule has 0 fully saturated rings. The van der Waals surface area contributed by atoms with Crippen LogP contribution in [0.15, 0.2) is 39.4 Å². The molecule has 0 radical (unpaired) electrons. The number of aromatic nitrogens is 1. The van der Waals surface area contributed by atoms with E-state index in [2.05, 4.69) is 4.98 Å². The van der Waals surface area contributed by atoms with Gasteiger partial charge in [-0.25, -0.2) is 9.78 Å². The van der Waals surface area contributed by atoms with Crippen molar-refractivity contribution in [2.45, 2.75) is 6.42 Å². The smallest absolute Gasteiger partial charge is 0.371 e. The van der Waals surface area contributed by atoms with Crippen LogP contribution < -0.4 is 0 Å². The Morgan fingerprint density at radius 1 is 1.32 bits per heavy atom. The normalized spacial score (nSPS) is 10.7. The van der Waals surface area contributed by atoms with Gasteiger partial charge in [-0.3, -0.25) is 0 Å². The van der Waals surface area contributed by atoms with E-state index in [4.69, 9.17) is 9.52 Å². The van der Waals surface area contributed by atoms with Gasteiger partial charge in [-0.2, -0.15) is 0 Å². The van der Waals surface area contributed by atoms with Crippen LogP contribution in [-0.4, -0.2) is 16.1 Å². The van der Waals surface area contributed by atoms with Crippen molar-refractivity contribution in [3.05, 3.63) is 51.6 Å². The van der Waals surface area contributed by atoms with E-state index in [0.717, 1.165) is 15.6 Å². The first-order valence-electron chi connectivity index (χ1n) is 5.52. The molecule has 0 spiro atoms. The van der Waals surface area contributed by atoms with Gasteiger partial charge in [0, 0.05) is 5.38 Å². The van der Waals surface area contributed by atoms with Crippen LogP contribution in [0, 0.1) is 0 Å². The number of thiophene rings is 1. The summed E-state index contributed by atoms with van der Waals surface area (Å²) in [6.07, 6.45) is 0.517. The zero-order chi connectivity index (χ0) is 13.2. The quantitative estimate of drug-likeness (QED) is 0.795. The Morgan fingerprint density at radius 2 is 2.21 bits per heavy atom. The third-order valence-electron chi connectivity index (χ3n) is 2.52. The first-order valence-corrected chi connectivity index (χ1v) is 7.28. The fourth-order valence-electron chi connectivity index (χ4n) is 1.67. The fraction of sp³-hybridized carbons (Fsp3) is 0.0769. The Balaban J connectivity index is 1.78. The summed E-state index contributed by atoms with van der Waals surface area (Å²) in [6.45, 7) is 0. The lowest BCUT2D eigenvalue weighted by Crippen LogP contribution is -1.92. The molecule has 0 saturated heterocycles. The molecule has 6 heteroatoms. The lowest BCUT2D eigenvalue weighted by molar-refractivity contribution is 0.0660. The van der Waals surface area contributed by atoms with Crippen LogP contribution in [0.2, 0.25) is 0 Å². The van der Waals surface area contributed by atoms with Crippen LogP contribution in [0.25, 0.3) is 10.6 Å². The highest BCUT2D eigenvalue weighted by atomic mass is 32.1. The fourth-order valence-corrected chi connectivity index (χ4v) is 3.23. The van der Waals surface area contributed by atoms with Crippen LogP contribution in [0.1, 0.15) is 21.3 Å². The topological polar surface area (TPSA) is 63.3 Å². The number of hydrogen-bond acceptors (Lipinski definition) is 5. The van der Waals surface area contributed by atoms with Crippen LogP contribution in [-0.2, 0) is 6.42 Å². The molecule has 0 aromatic carbocycles. The van der Waals surface area contributed by atoms with Crippen LogP contribution >= 0.6 is 22.7 Å². The number of carboxylic acids is 1. The second-order valence-corrected chi connectivity index (χ2v) is 5.74. The number of rotatable bonds is 4. The summed E-state index contributed by atoms with van der Waals surface area (Å²) < 4.78 is 5.22. The molecule has 0 unspecified atom stereocenters. The number of hydrogen-bond donors (Lipinski definition) is 1. The molecule has 3 aromatic rings. The summed E-state index contributed by atoms with van der Waals surface area (Å²) in [7, 11) is 0. The molecule has 96 valence electrons. The Labute approximate surface area is 117 Å². The molecule has 3 rings (SSSR count). The molecule has 0 amide bonds. The largest absolute Gasteiger partial charge is 0.475 e. The molecule has 0 saturated carbocycles. The summed E-state index contributed by atoms with van der Waals surface area (Å²) >= 11 is 3.20. The van der Waals surface area contributed by atoms with Crippen molar-refractivity contribution >= 4 is 28.6 Å². The number of carbonyl (C=O) groups is 1. The predicted octanol–water partition coefficient (Wildman–Crippen LogP) is 3.75. The minimum absolute atomic E-state index is 0.0370. The maximum atomic E-state index is 10.7. The van der Waals surface area contributed by atoms with E-state index in [0.29, 0.717) is 12.2 Å².